The van der Waals surface area contributed by atoms with Crippen LogP contribution in [-0.4, -0.2) is 30.1 Å². The summed E-state index contributed by atoms with van der Waals surface area (Å²) in [7, 11) is 1.93. The van der Waals surface area contributed by atoms with Gasteiger partial charge in [-0.3, -0.25) is 0 Å². The molecule has 2 N–H and O–H groups in total. The smallest absolute Gasteiger partial charge is 0.225 e. The third-order valence-corrected chi connectivity index (χ3v) is 2.55. The van der Waals surface area contributed by atoms with Crippen LogP contribution in [0.3, 0.4) is 0 Å². The van der Waals surface area contributed by atoms with Crippen molar-refractivity contribution in [1.29, 1.82) is 0 Å². The third-order valence-electron chi connectivity index (χ3n) is 2.55. The van der Waals surface area contributed by atoms with Gasteiger partial charge in [0.15, 0.2) is 0 Å². The quantitative estimate of drug-likeness (QED) is 0.862. The van der Waals surface area contributed by atoms with Crippen molar-refractivity contribution in [3.8, 4) is 11.1 Å². The first-order chi connectivity index (χ1) is 8.31. The Kier molecular flexibility index (Phi) is 3.67. The van der Waals surface area contributed by atoms with Crippen LogP contribution in [0.4, 0.5) is 5.95 Å². The second kappa shape index (κ2) is 5.41. The van der Waals surface area contributed by atoms with Crippen molar-refractivity contribution in [3.05, 3.63) is 42.7 Å². The molecule has 0 saturated carbocycles. The minimum Gasteiger partial charge on any atom is -0.343 e. The van der Waals surface area contributed by atoms with Crippen LogP contribution in [0.1, 0.15) is 0 Å². The number of nitrogens with zero attached hydrogens (tertiary/aromatic N) is 3. The van der Waals surface area contributed by atoms with E-state index >= 15 is 0 Å². The van der Waals surface area contributed by atoms with Gasteiger partial charge in [-0.05, 0) is 5.56 Å². The molecule has 0 radical (unpaired) electrons. The second-order valence-corrected chi connectivity index (χ2v) is 3.85. The molecular weight excluding hydrogens is 212 g/mol. The molecule has 88 valence electrons. The summed E-state index contributed by atoms with van der Waals surface area (Å²) in [6.45, 7) is 1.35. The number of likely N-dealkylation sites (N-methyl/N-ethyl adjacent to an activating group) is 1. The standard InChI is InChI=1S/C13H16N4/c1-17(8-7-14)13-15-9-12(10-16-13)11-5-3-2-4-6-11/h2-6,9-10H,7-8,14H2,1H3. The highest BCUT2D eigenvalue weighted by atomic mass is 15.2. The number of nitrogens with two attached hydrogens (primary N) is 1. The minimum absolute atomic E-state index is 0.598. The van der Waals surface area contributed by atoms with E-state index in [0.29, 0.717) is 12.5 Å². The van der Waals surface area contributed by atoms with E-state index in [0.717, 1.165) is 17.7 Å². The fourth-order valence-corrected chi connectivity index (χ4v) is 1.59. The molecule has 0 amide bonds. The normalized spacial score (nSPS) is 10.2. The van der Waals surface area contributed by atoms with Gasteiger partial charge in [-0.2, -0.15) is 0 Å². The van der Waals surface area contributed by atoms with E-state index in [4.69, 9.17) is 5.73 Å². The molecule has 0 bridgehead atoms. The van der Waals surface area contributed by atoms with E-state index in [1.165, 1.54) is 0 Å². The van der Waals surface area contributed by atoms with Gasteiger partial charge in [0, 0.05) is 38.1 Å². The molecule has 1 aromatic heterocycles. The summed E-state index contributed by atoms with van der Waals surface area (Å²) in [6, 6.07) is 10.1. The molecule has 0 aliphatic heterocycles. The largest absolute Gasteiger partial charge is 0.343 e. The molecule has 4 nitrogen and oxygen atoms in total. The Labute approximate surface area is 101 Å². The van der Waals surface area contributed by atoms with Crippen molar-refractivity contribution in [2.24, 2.45) is 5.73 Å². The van der Waals surface area contributed by atoms with Crippen LogP contribution in [0.5, 0.6) is 0 Å². The van der Waals surface area contributed by atoms with E-state index < -0.39 is 0 Å². The molecule has 0 spiro atoms. The van der Waals surface area contributed by atoms with Gasteiger partial charge in [-0.1, -0.05) is 30.3 Å². The van der Waals surface area contributed by atoms with E-state index in [1.807, 2.05) is 54.7 Å². The van der Waals surface area contributed by atoms with Crippen molar-refractivity contribution in [2.75, 3.05) is 25.0 Å². The Morgan fingerprint density at radius 1 is 1.06 bits per heavy atom. The molecule has 1 aromatic carbocycles. The molecule has 0 aliphatic rings. The predicted octanol–water partition coefficient (Wildman–Crippen LogP) is 1.54. The summed E-state index contributed by atoms with van der Waals surface area (Å²) >= 11 is 0. The average molecular weight is 228 g/mol. The lowest BCUT2D eigenvalue weighted by molar-refractivity contribution is 0.846. The van der Waals surface area contributed by atoms with Gasteiger partial charge < -0.3 is 10.6 Å². The van der Waals surface area contributed by atoms with E-state index in [1.54, 1.807) is 0 Å². The van der Waals surface area contributed by atoms with Crippen LogP contribution in [0.25, 0.3) is 11.1 Å². The van der Waals surface area contributed by atoms with Crippen molar-refractivity contribution in [3.63, 3.8) is 0 Å². The van der Waals surface area contributed by atoms with Crippen LogP contribution < -0.4 is 10.6 Å². The van der Waals surface area contributed by atoms with Crippen LogP contribution in [0.15, 0.2) is 42.7 Å². The summed E-state index contributed by atoms with van der Waals surface area (Å²) in [4.78, 5) is 10.6. The number of rotatable bonds is 4. The summed E-state index contributed by atoms with van der Waals surface area (Å²) in [5, 5.41) is 0. The number of aromatic nitrogens is 2. The lowest BCUT2D eigenvalue weighted by Gasteiger charge is -2.15. The molecule has 1 heterocycles. The predicted molar refractivity (Wildman–Crippen MR) is 69.8 cm³/mol. The summed E-state index contributed by atoms with van der Waals surface area (Å²) in [5.74, 6) is 0.704. The Hall–Kier alpha value is -1.94. The van der Waals surface area contributed by atoms with Gasteiger partial charge in [-0.15, -0.1) is 0 Å². The summed E-state index contributed by atoms with van der Waals surface area (Å²) < 4.78 is 0. The topological polar surface area (TPSA) is 55.0 Å². The molecule has 2 rings (SSSR count). The Bertz CT molecular complexity index is 453. The molecule has 0 saturated heterocycles. The van der Waals surface area contributed by atoms with Crippen molar-refractivity contribution < 1.29 is 0 Å². The fourth-order valence-electron chi connectivity index (χ4n) is 1.59. The van der Waals surface area contributed by atoms with Crippen LogP contribution in [0.2, 0.25) is 0 Å². The van der Waals surface area contributed by atoms with Gasteiger partial charge in [-0.25, -0.2) is 9.97 Å². The number of benzene rings is 1. The first-order valence-corrected chi connectivity index (χ1v) is 5.60. The monoisotopic (exact) mass is 228 g/mol. The number of hydrogen-bond donors (Lipinski definition) is 1. The first kappa shape index (κ1) is 11.5. The lowest BCUT2D eigenvalue weighted by Crippen LogP contribution is -2.26. The van der Waals surface area contributed by atoms with Gasteiger partial charge in [0.25, 0.3) is 0 Å². The Morgan fingerprint density at radius 3 is 2.29 bits per heavy atom. The Balaban J connectivity index is 2.19. The van der Waals surface area contributed by atoms with Crippen LogP contribution >= 0.6 is 0 Å². The van der Waals surface area contributed by atoms with Gasteiger partial charge in [0.1, 0.15) is 0 Å². The highest BCUT2D eigenvalue weighted by Crippen LogP contribution is 2.17. The highest BCUT2D eigenvalue weighted by molar-refractivity contribution is 5.61. The maximum absolute atomic E-state index is 5.49. The zero-order valence-electron chi connectivity index (χ0n) is 9.87. The molecule has 2 aromatic rings. The number of hydrogen-bond acceptors (Lipinski definition) is 4. The molecule has 17 heavy (non-hydrogen) atoms. The fraction of sp³-hybridized carbons (Fsp3) is 0.231. The van der Waals surface area contributed by atoms with E-state index in [9.17, 15) is 0 Å². The van der Waals surface area contributed by atoms with Gasteiger partial charge in [0.2, 0.25) is 5.95 Å². The molecule has 4 heteroatoms. The van der Waals surface area contributed by atoms with E-state index in [2.05, 4.69) is 9.97 Å². The minimum atomic E-state index is 0.598. The average Bonchev–Trinajstić information content (AvgIpc) is 2.40. The Morgan fingerprint density at radius 2 is 1.71 bits per heavy atom. The van der Waals surface area contributed by atoms with Gasteiger partial charge >= 0.3 is 0 Å². The maximum Gasteiger partial charge on any atom is 0.225 e. The van der Waals surface area contributed by atoms with Crippen LogP contribution in [0, 0.1) is 0 Å². The zero-order chi connectivity index (χ0) is 12.1. The summed E-state index contributed by atoms with van der Waals surface area (Å²) in [5.41, 5.74) is 7.64. The SMILES string of the molecule is CN(CCN)c1ncc(-c2ccccc2)cn1. The molecular formula is C13H16N4. The zero-order valence-corrected chi connectivity index (χ0v) is 9.87. The number of anilines is 1. The van der Waals surface area contributed by atoms with E-state index in [-0.39, 0.29) is 0 Å². The van der Waals surface area contributed by atoms with Crippen molar-refractivity contribution in [1.82, 2.24) is 9.97 Å². The van der Waals surface area contributed by atoms with Crippen molar-refractivity contribution in [2.45, 2.75) is 0 Å². The molecule has 0 atom stereocenters. The molecule has 0 fully saturated rings. The highest BCUT2D eigenvalue weighted by Gasteiger charge is 2.03. The van der Waals surface area contributed by atoms with Gasteiger partial charge in [0.05, 0.1) is 0 Å². The van der Waals surface area contributed by atoms with Crippen molar-refractivity contribution >= 4 is 5.95 Å². The summed E-state index contributed by atoms with van der Waals surface area (Å²) in [6.07, 6.45) is 3.68. The molecule has 0 aliphatic carbocycles. The third kappa shape index (κ3) is 2.79. The van der Waals surface area contributed by atoms with Crippen LogP contribution in [-0.2, 0) is 0 Å². The first-order valence-electron chi connectivity index (χ1n) is 5.60. The lowest BCUT2D eigenvalue weighted by atomic mass is 10.1. The second-order valence-electron chi connectivity index (χ2n) is 3.85. The molecule has 0 unspecified atom stereocenters. The maximum atomic E-state index is 5.49.